The van der Waals surface area contributed by atoms with Gasteiger partial charge in [-0.15, -0.1) is 0 Å². The normalized spacial score (nSPS) is 18.8. The molecule has 2 aromatic rings. The number of nitrogens with zero attached hydrogens (tertiary/aromatic N) is 3. The summed E-state index contributed by atoms with van der Waals surface area (Å²) in [7, 11) is 0. The van der Waals surface area contributed by atoms with Crippen LogP contribution in [0.15, 0.2) is 30.6 Å². The van der Waals surface area contributed by atoms with Crippen LogP contribution in [0.5, 0.6) is 0 Å². The number of nitriles is 1. The molecular formula is C27H37N3. The SMILES string of the molecule is CCCCCc1ccc(-c2ncc([C@H]3CC[C@H](CCCCC)CC3)cn2)c(C#N)c1. The highest BCUT2D eigenvalue weighted by atomic mass is 14.9. The van der Waals surface area contributed by atoms with Gasteiger partial charge in [0.15, 0.2) is 5.82 Å². The number of hydrogen-bond acceptors (Lipinski definition) is 3. The molecule has 0 amide bonds. The molecule has 1 aromatic heterocycles. The van der Waals surface area contributed by atoms with Gasteiger partial charge in [0.05, 0.1) is 11.6 Å². The average molecular weight is 404 g/mol. The summed E-state index contributed by atoms with van der Waals surface area (Å²) in [5.41, 5.74) is 4.03. The Kier molecular flexibility index (Phi) is 8.87. The molecule has 0 N–H and O–H groups in total. The van der Waals surface area contributed by atoms with Gasteiger partial charge in [-0.3, -0.25) is 0 Å². The number of aromatic nitrogens is 2. The standard InChI is InChI=1S/C27H37N3/c1-3-5-7-9-21-11-14-23(15-12-21)25-19-29-27(30-20-25)26-16-13-22(10-8-6-4-2)17-24(26)18-28/h13,16-17,19-21,23H,3-12,14-15H2,1-2H3/t21-,23-. The zero-order chi connectivity index (χ0) is 21.2. The monoisotopic (exact) mass is 403 g/mol. The van der Waals surface area contributed by atoms with Crippen LogP contribution < -0.4 is 0 Å². The molecule has 3 nitrogen and oxygen atoms in total. The van der Waals surface area contributed by atoms with Gasteiger partial charge in [-0.05, 0) is 73.6 Å². The van der Waals surface area contributed by atoms with Gasteiger partial charge in [0.25, 0.3) is 0 Å². The van der Waals surface area contributed by atoms with Gasteiger partial charge in [-0.1, -0.05) is 58.4 Å². The maximum Gasteiger partial charge on any atom is 0.160 e. The third-order valence-corrected chi connectivity index (χ3v) is 6.72. The molecule has 0 aliphatic heterocycles. The zero-order valence-electron chi connectivity index (χ0n) is 18.9. The third-order valence-electron chi connectivity index (χ3n) is 6.72. The Balaban J connectivity index is 1.61. The van der Waals surface area contributed by atoms with Crippen LogP contribution in [0, 0.1) is 17.2 Å². The highest BCUT2D eigenvalue weighted by molar-refractivity contribution is 5.65. The molecule has 3 rings (SSSR count). The van der Waals surface area contributed by atoms with Crippen LogP contribution in [0.2, 0.25) is 0 Å². The summed E-state index contributed by atoms with van der Waals surface area (Å²) in [6.07, 6.45) is 19.3. The number of rotatable bonds is 10. The first-order valence-corrected chi connectivity index (χ1v) is 12.1. The van der Waals surface area contributed by atoms with Crippen LogP contribution in [0.25, 0.3) is 11.4 Å². The van der Waals surface area contributed by atoms with E-state index in [1.54, 1.807) is 0 Å². The fraction of sp³-hybridized carbons (Fsp3) is 0.593. The van der Waals surface area contributed by atoms with Crippen molar-refractivity contribution in [2.24, 2.45) is 5.92 Å². The van der Waals surface area contributed by atoms with Gasteiger partial charge in [0.2, 0.25) is 0 Å². The van der Waals surface area contributed by atoms with E-state index in [4.69, 9.17) is 0 Å². The smallest absolute Gasteiger partial charge is 0.160 e. The minimum atomic E-state index is 0.595. The van der Waals surface area contributed by atoms with Gasteiger partial charge < -0.3 is 0 Å². The molecule has 0 saturated heterocycles. The molecule has 30 heavy (non-hydrogen) atoms. The topological polar surface area (TPSA) is 49.6 Å². The fourth-order valence-corrected chi connectivity index (χ4v) is 4.77. The van der Waals surface area contributed by atoms with Gasteiger partial charge in [0, 0.05) is 18.0 Å². The second-order valence-electron chi connectivity index (χ2n) is 9.00. The molecule has 0 bridgehead atoms. The van der Waals surface area contributed by atoms with E-state index < -0.39 is 0 Å². The van der Waals surface area contributed by atoms with E-state index >= 15 is 0 Å². The molecule has 1 aromatic carbocycles. The van der Waals surface area contributed by atoms with Crippen LogP contribution >= 0.6 is 0 Å². The van der Waals surface area contributed by atoms with Crippen molar-refractivity contribution in [1.82, 2.24) is 9.97 Å². The van der Waals surface area contributed by atoms with Crippen molar-refractivity contribution in [2.75, 3.05) is 0 Å². The molecule has 0 atom stereocenters. The summed E-state index contributed by atoms with van der Waals surface area (Å²) >= 11 is 0. The first-order chi connectivity index (χ1) is 14.7. The first-order valence-electron chi connectivity index (χ1n) is 12.1. The third kappa shape index (κ3) is 6.14. The van der Waals surface area contributed by atoms with Crippen LogP contribution in [-0.2, 0) is 6.42 Å². The molecule has 1 saturated carbocycles. The molecular weight excluding hydrogens is 366 g/mol. The molecule has 1 aliphatic rings. The quantitative estimate of drug-likeness (QED) is 0.384. The minimum absolute atomic E-state index is 0.595. The zero-order valence-corrected chi connectivity index (χ0v) is 18.9. The lowest BCUT2D eigenvalue weighted by Crippen LogP contribution is -2.14. The summed E-state index contributed by atoms with van der Waals surface area (Å²) in [6, 6.07) is 8.52. The predicted molar refractivity (Wildman–Crippen MR) is 124 cm³/mol. The van der Waals surface area contributed by atoms with E-state index in [1.807, 2.05) is 24.5 Å². The fourth-order valence-electron chi connectivity index (χ4n) is 4.77. The van der Waals surface area contributed by atoms with Gasteiger partial charge >= 0.3 is 0 Å². The molecule has 1 heterocycles. The first kappa shape index (κ1) is 22.5. The molecule has 1 fully saturated rings. The Morgan fingerprint density at radius 3 is 2.30 bits per heavy atom. The van der Waals surface area contributed by atoms with Crippen molar-refractivity contribution in [2.45, 2.75) is 96.8 Å². The molecule has 0 radical (unpaired) electrons. The lowest BCUT2D eigenvalue weighted by molar-refractivity contribution is 0.302. The molecule has 0 spiro atoms. The van der Waals surface area contributed by atoms with Crippen molar-refractivity contribution >= 4 is 0 Å². The van der Waals surface area contributed by atoms with Crippen LogP contribution in [0.1, 0.15) is 107 Å². The summed E-state index contributed by atoms with van der Waals surface area (Å²) in [4.78, 5) is 9.31. The highest BCUT2D eigenvalue weighted by Crippen LogP contribution is 2.37. The van der Waals surface area contributed by atoms with E-state index in [0.717, 1.165) is 17.9 Å². The number of unbranched alkanes of at least 4 members (excludes halogenated alkanes) is 4. The summed E-state index contributed by atoms with van der Waals surface area (Å²) in [6.45, 7) is 4.49. The Bertz CT molecular complexity index is 811. The maximum absolute atomic E-state index is 9.63. The molecule has 160 valence electrons. The summed E-state index contributed by atoms with van der Waals surface area (Å²) in [5.74, 6) is 2.18. The number of aryl methyl sites for hydroxylation is 1. The van der Waals surface area contributed by atoms with Gasteiger partial charge in [0.1, 0.15) is 0 Å². The Morgan fingerprint density at radius 2 is 1.63 bits per heavy atom. The largest absolute Gasteiger partial charge is 0.236 e. The van der Waals surface area contributed by atoms with E-state index in [2.05, 4.69) is 36.0 Å². The predicted octanol–water partition coefficient (Wildman–Crippen LogP) is 7.60. The maximum atomic E-state index is 9.63. The van der Waals surface area contributed by atoms with Crippen molar-refractivity contribution in [3.8, 4) is 17.5 Å². The van der Waals surface area contributed by atoms with Gasteiger partial charge in [-0.25, -0.2) is 9.97 Å². The minimum Gasteiger partial charge on any atom is -0.236 e. The van der Waals surface area contributed by atoms with Crippen molar-refractivity contribution in [1.29, 1.82) is 5.26 Å². The lowest BCUT2D eigenvalue weighted by atomic mass is 9.77. The Morgan fingerprint density at radius 1 is 0.933 bits per heavy atom. The van der Waals surface area contributed by atoms with Crippen LogP contribution in [-0.4, -0.2) is 9.97 Å². The van der Waals surface area contributed by atoms with Crippen molar-refractivity contribution < 1.29 is 0 Å². The van der Waals surface area contributed by atoms with E-state index in [-0.39, 0.29) is 0 Å². The second-order valence-corrected chi connectivity index (χ2v) is 9.00. The van der Waals surface area contributed by atoms with Crippen molar-refractivity contribution in [3.05, 3.63) is 47.3 Å². The van der Waals surface area contributed by atoms with Crippen molar-refractivity contribution in [3.63, 3.8) is 0 Å². The van der Waals surface area contributed by atoms with E-state index in [1.165, 1.54) is 81.8 Å². The molecule has 3 heteroatoms. The van der Waals surface area contributed by atoms with Crippen LogP contribution in [0.3, 0.4) is 0 Å². The number of benzene rings is 1. The Labute approximate surface area is 183 Å². The summed E-state index contributed by atoms with van der Waals surface area (Å²) in [5, 5.41) is 9.63. The number of hydrogen-bond donors (Lipinski definition) is 0. The molecule has 1 aliphatic carbocycles. The van der Waals surface area contributed by atoms with Gasteiger partial charge in [-0.2, -0.15) is 5.26 Å². The average Bonchev–Trinajstić information content (AvgIpc) is 2.80. The van der Waals surface area contributed by atoms with E-state index in [0.29, 0.717) is 17.3 Å². The molecule has 0 unspecified atom stereocenters. The van der Waals surface area contributed by atoms with Crippen LogP contribution in [0.4, 0.5) is 0 Å². The second kappa shape index (κ2) is 11.8. The van der Waals surface area contributed by atoms with E-state index in [9.17, 15) is 5.26 Å². The summed E-state index contributed by atoms with van der Waals surface area (Å²) < 4.78 is 0. The highest BCUT2D eigenvalue weighted by Gasteiger charge is 2.22. The Hall–Kier alpha value is -2.21. The lowest BCUT2D eigenvalue weighted by Gasteiger charge is -2.28.